The fraction of sp³-hybridized carbons (Fsp3) is 0.833. The molecule has 152 valence electrons. The molecular formula is C24H39NO2. The van der Waals surface area contributed by atoms with E-state index in [-0.39, 0.29) is 17.2 Å². The minimum Gasteiger partial charge on any atom is -0.282 e. The molecule has 3 heteroatoms. The summed E-state index contributed by atoms with van der Waals surface area (Å²) in [5.74, 6) is 1.29. The van der Waals surface area contributed by atoms with E-state index < -0.39 is 0 Å². The quantitative estimate of drug-likeness (QED) is 0.324. The van der Waals surface area contributed by atoms with Crippen molar-refractivity contribution in [3.8, 4) is 0 Å². The molecule has 3 nitrogen and oxygen atoms in total. The SMILES string of the molecule is C=CCCCN1C(=O)CCCCC(C2CCCCC2)(C2CCCCC2)C1=O. The van der Waals surface area contributed by atoms with Crippen molar-refractivity contribution < 1.29 is 9.59 Å². The number of carbonyl (C=O) groups excluding carboxylic acids is 2. The standard InChI is InChI=1S/C24H39NO2/c1-2-3-12-19-25-22(26)17-10-11-18-24(23(25)27,20-13-6-4-7-14-20)21-15-8-5-9-16-21/h2,20-21H,1,3-19H2. The second-order valence-electron chi connectivity index (χ2n) is 9.20. The highest BCUT2D eigenvalue weighted by atomic mass is 16.2. The van der Waals surface area contributed by atoms with Gasteiger partial charge in [-0.3, -0.25) is 14.5 Å². The van der Waals surface area contributed by atoms with Gasteiger partial charge in [-0.15, -0.1) is 6.58 Å². The van der Waals surface area contributed by atoms with E-state index in [9.17, 15) is 9.59 Å². The Kier molecular flexibility index (Phi) is 7.55. The van der Waals surface area contributed by atoms with Crippen LogP contribution in [0.15, 0.2) is 12.7 Å². The van der Waals surface area contributed by atoms with Crippen molar-refractivity contribution in [2.75, 3.05) is 6.54 Å². The molecule has 0 bridgehead atoms. The average molecular weight is 374 g/mol. The van der Waals surface area contributed by atoms with Gasteiger partial charge in [0.2, 0.25) is 11.8 Å². The Morgan fingerprint density at radius 3 is 2.04 bits per heavy atom. The Morgan fingerprint density at radius 1 is 0.889 bits per heavy atom. The summed E-state index contributed by atoms with van der Waals surface area (Å²) in [7, 11) is 0. The first-order chi connectivity index (χ1) is 13.2. The van der Waals surface area contributed by atoms with Crippen LogP contribution in [0.5, 0.6) is 0 Å². The first-order valence-corrected chi connectivity index (χ1v) is 11.7. The molecule has 1 heterocycles. The molecule has 2 aliphatic carbocycles. The van der Waals surface area contributed by atoms with Crippen LogP contribution in [0.25, 0.3) is 0 Å². The second kappa shape index (κ2) is 9.89. The van der Waals surface area contributed by atoms with Crippen LogP contribution in [-0.2, 0) is 9.59 Å². The molecule has 0 aromatic heterocycles. The molecule has 2 amide bonds. The summed E-state index contributed by atoms with van der Waals surface area (Å²) in [4.78, 5) is 28.7. The van der Waals surface area contributed by atoms with Gasteiger partial charge in [-0.2, -0.15) is 0 Å². The molecule has 27 heavy (non-hydrogen) atoms. The van der Waals surface area contributed by atoms with E-state index in [1.165, 1.54) is 64.2 Å². The number of allylic oxidation sites excluding steroid dienone is 1. The molecule has 3 fully saturated rings. The molecule has 0 spiro atoms. The van der Waals surface area contributed by atoms with Gasteiger partial charge in [-0.25, -0.2) is 0 Å². The number of likely N-dealkylation sites (tertiary alicyclic amines) is 1. The molecule has 0 N–H and O–H groups in total. The van der Waals surface area contributed by atoms with Crippen molar-refractivity contribution in [3.63, 3.8) is 0 Å². The number of unbranched alkanes of at least 4 members (excludes halogenated alkanes) is 1. The normalized spacial score (nSPS) is 25.9. The van der Waals surface area contributed by atoms with Crippen LogP contribution in [0.4, 0.5) is 0 Å². The van der Waals surface area contributed by atoms with Crippen molar-refractivity contribution in [3.05, 3.63) is 12.7 Å². The summed E-state index contributed by atoms with van der Waals surface area (Å²) < 4.78 is 0. The molecule has 3 aliphatic rings. The van der Waals surface area contributed by atoms with Crippen molar-refractivity contribution in [1.82, 2.24) is 4.90 Å². The van der Waals surface area contributed by atoms with Crippen LogP contribution in [0.1, 0.15) is 103 Å². The summed E-state index contributed by atoms with van der Waals surface area (Å²) in [5, 5.41) is 0. The van der Waals surface area contributed by atoms with Gasteiger partial charge in [0.05, 0.1) is 5.41 Å². The van der Waals surface area contributed by atoms with E-state index in [0.29, 0.717) is 24.8 Å². The van der Waals surface area contributed by atoms with Crippen molar-refractivity contribution in [2.24, 2.45) is 17.3 Å². The number of nitrogens with zero attached hydrogens (tertiary/aromatic N) is 1. The maximum absolute atomic E-state index is 14.1. The number of amides is 2. The van der Waals surface area contributed by atoms with Crippen LogP contribution in [0, 0.1) is 17.3 Å². The minimum absolute atomic E-state index is 0.0831. The molecule has 3 rings (SSSR count). The molecule has 0 aromatic carbocycles. The zero-order valence-electron chi connectivity index (χ0n) is 17.2. The average Bonchev–Trinajstić information content (AvgIpc) is 2.71. The molecule has 0 aromatic rings. The lowest BCUT2D eigenvalue weighted by Crippen LogP contribution is -2.55. The van der Waals surface area contributed by atoms with Gasteiger partial charge in [0.15, 0.2) is 0 Å². The second-order valence-corrected chi connectivity index (χ2v) is 9.20. The Balaban J connectivity index is 1.94. The monoisotopic (exact) mass is 373 g/mol. The van der Waals surface area contributed by atoms with E-state index in [0.717, 1.165) is 32.1 Å². The third-order valence-corrected chi connectivity index (χ3v) is 7.63. The summed E-state index contributed by atoms with van der Waals surface area (Å²) in [6, 6.07) is 0. The molecule has 0 radical (unpaired) electrons. The fourth-order valence-corrected chi connectivity index (χ4v) is 6.25. The highest BCUT2D eigenvalue weighted by Gasteiger charge is 2.53. The number of hydrogen-bond acceptors (Lipinski definition) is 2. The summed E-state index contributed by atoms with van der Waals surface area (Å²) in [6.07, 6.45) is 19.6. The third kappa shape index (κ3) is 4.49. The number of carbonyl (C=O) groups is 2. The Hall–Kier alpha value is -1.12. The van der Waals surface area contributed by atoms with Crippen molar-refractivity contribution in [1.29, 1.82) is 0 Å². The Morgan fingerprint density at radius 2 is 1.48 bits per heavy atom. The Bertz CT molecular complexity index is 496. The van der Waals surface area contributed by atoms with Crippen LogP contribution in [0.3, 0.4) is 0 Å². The lowest BCUT2D eigenvalue weighted by molar-refractivity contribution is -0.162. The third-order valence-electron chi connectivity index (χ3n) is 7.63. The zero-order valence-corrected chi connectivity index (χ0v) is 17.2. The van der Waals surface area contributed by atoms with E-state index in [2.05, 4.69) is 6.58 Å². The zero-order chi connectivity index (χ0) is 19.1. The smallest absolute Gasteiger partial charge is 0.235 e. The van der Waals surface area contributed by atoms with Crippen molar-refractivity contribution >= 4 is 11.8 Å². The van der Waals surface area contributed by atoms with Gasteiger partial charge >= 0.3 is 0 Å². The molecule has 0 unspecified atom stereocenters. The first kappa shape index (κ1) is 20.6. The van der Waals surface area contributed by atoms with Crippen LogP contribution in [-0.4, -0.2) is 23.3 Å². The molecule has 1 aliphatic heterocycles. The van der Waals surface area contributed by atoms with E-state index in [4.69, 9.17) is 0 Å². The van der Waals surface area contributed by atoms with E-state index in [1.807, 2.05) is 6.08 Å². The maximum Gasteiger partial charge on any atom is 0.235 e. The number of hydrogen-bond donors (Lipinski definition) is 0. The molecule has 2 saturated carbocycles. The Labute approximate surface area is 166 Å². The van der Waals surface area contributed by atoms with Crippen LogP contribution < -0.4 is 0 Å². The highest BCUT2D eigenvalue weighted by molar-refractivity contribution is 5.98. The van der Waals surface area contributed by atoms with E-state index >= 15 is 0 Å². The molecule has 0 atom stereocenters. The van der Waals surface area contributed by atoms with Gasteiger partial charge in [0.1, 0.15) is 0 Å². The van der Waals surface area contributed by atoms with Gasteiger partial charge in [0.25, 0.3) is 0 Å². The largest absolute Gasteiger partial charge is 0.282 e. The number of imide groups is 1. The van der Waals surface area contributed by atoms with Crippen LogP contribution >= 0.6 is 0 Å². The molecule has 1 saturated heterocycles. The minimum atomic E-state index is -0.259. The van der Waals surface area contributed by atoms with Gasteiger partial charge < -0.3 is 0 Å². The van der Waals surface area contributed by atoms with Gasteiger partial charge in [-0.05, 0) is 63.2 Å². The van der Waals surface area contributed by atoms with Crippen LogP contribution in [0.2, 0.25) is 0 Å². The lowest BCUT2D eigenvalue weighted by atomic mass is 9.56. The summed E-state index contributed by atoms with van der Waals surface area (Å²) in [6.45, 7) is 4.39. The number of rotatable bonds is 6. The fourth-order valence-electron chi connectivity index (χ4n) is 6.25. The molecular weight excluding hydrogens is 334 g/mol. The highest BCUT2D eigenvalue weighted by Crippen LogP contribution is 2.53. The van der Waals surface area contributed by atoms with Crippen molar-refractivity contribution in [2.45, 2.75) is 103 Å². The van der Waals surface area contributed by atoms with Gasteiger partial charge in [-0.1, -0.05) is 51.0 Å². The predicted octanol–water partition coefficient (Wildman–Crippen LogP) is 6.03. The van der Waals surface area contributed by atoms with E-state index in [1.54, 1.807) is 4.90 Å². The lowest BCUT2D eigenvalue weighted by Gasteiger charge is -2.50. The summed E-state index contributed by atoms with van der Waals surface area (Å²) >= 11 is 0. The maximum atomic E-state index is 14.1. The predicted molar refractivity (Wildman–Crippen MR) is 110 cm³/mol. The first-order valence-electron chi connectivity index (χ1n) is 11.7. The summed E-state index contributed by atoms with van der Waals surface area (Å²) in [5.41, 5.74) is -0.259. The van der Waals surface area contributed by atoms with Gasteiger partial charge in [0, 0.05) is 13.0 Å². The topological polar surface area (TPSA) is 37.4 Å².